The highest BCUT2D eigenvalue weighted by Crippen LogP contribution is 2.17. The number of phenolic OH excluding ortho intramolecular Hbond substituents is 1. The monoisotopic (exact) mass is 319 g/mol. The zero-order valence-electron chi connectivity index (χ0n) is 12.0. The summed E-state index contributed by atoms with van der Waals surface area (Å²) in [5.74, 6) is 0.0405. The lowest BCUT2D eigenvalue weighted by Gasteiger charge is -2.12. The fourth-order valence-electron chi connectivity index (χ4n) is 2.10. The smallest absolute Gasteiger partial charge is 0.220 e. The van der Waals surface area contributed by atoms with E-state index in [0.717, 1.165) is 5.56 Å². The number of carbonyl (C=O) groups is 1. The minimum absolute atomic E-state index is 0.138. The molecule has 0 unspecified atom stereocenters. The maximum absolute atomic E-state index is 11.8. The molecule has 0 fully saturated rings. The van der Waals surface area contributed by atoms with Crippen LogP contribution in [0.1, 0.15) is 23.7 Å². The van der Waals surface area contributed by atoms with E-state index in [1.807, 2.05) is 6.07 Å². The van der Waals surface area contributed by atoms with Crippen LogP contribution in [-0.4, -0.2) is 22.7 Å². The number of nitrogens with one attached hydrogen (secondary N) is 1. The lowest BCUT2D eigenvalue weighted by Crippen LogP contribution is -2.28. The van der Waals surface area contributed by atoms with Gasteiger partial charge in [-0.2, -0.15) is 0 Å². The van der Waals surface area contributed by atoms with E-state index in [2.05, 4.69) is 5.32 Å². The Morgan fingerprint density at radius 1 is 1.18 bits per heavy atom. The van der Waals surface area contributed by atoms with Crippen molar-refractivity contribution in [2.24, 2.45) is 0 Å². The Morgan fingerprint density at radius 2 is 1.95 bits per heavy atom. The molecule has 0 saturated heterocycles. The van der Waals surface area contributed by atoms with Crippen LogP contribution < -0.4 is 5.32 Å². The van der Waals surface area contributed by atoms with Gasteiger partial charge >= 0.3 is 0 Å². The first-order valence-electron chi connectivity index (χ1n) is 7.03. The van der Waals surface area contributed by atoms with Gasteiger partial charge in [0.15, 0.2) is 0 Å². The van der Waals surface area contributed by atoms with Crippen molar-refractivity contribution in [1.29, 1.82) is 0 Å². The Hall–Kier alpha value is -2.04. The van der Waals surface area contributed by atoms with Crippen LogP contribution in [0, 0.1) is 0 Å². The number of carbonyl (C=O) groups excluding carboxylic acids is 1. The van der Waals surface area contributed by atoms with E-state index >= 15 is 0 Å². The third-order valence-electron chi connectivity index (χ3n) is 3.28. The summed E-state index contributed by atoms with van der Waals surface area (Å²) in [6.45, 7) is 0.138. The number of rotatable bonds is 6. The molecule has 116 valence electrons. The van der Waals surface area contributed by atoms with Crippen LogP contribution in [0.25, 0.3) is 0 Å². The molecule has 2 rings (SSSR count). The molecular formula is C17H18ClNO3. The van der Waals surface area contributed by atoms with Gasteiger partial charge in [0, 0.05) is 18.0 Å². The molecule has 0 saturated carbocycles. The Labute approximate surface area is 134 Å². The molecule has 0 aliphatic carbocycles. The lowest BCUT2D eigenvalue weighted by atomic mass is 10.1. The van der Waals surface area contributed by atoms with Gasteiger partial charge in [-0.05, 0) is 41.8 Å². The molecule has 0 aromatic heterocycles. The first-order valence-corrected chi connectivity index (χ1v) is 7.40. The van der Waals surface area contributed by atoms with Crippen molar-refractivity contribution in [3.05, 3.63) is 64.7 Å². The normalized spacial score (nSPS) is 11.9. The number of halogens is 1. The average molecular weight is 320 g/mol. The topological polar surface area (TPSA) is 69.6 Å². The molecule has 1 amide bonds. The number of aromatic hydroxyl groups is 1. The SMILES string of the molecule is O=C(CCc1cccc(O)c1)NC[C@H](O)c1cccc(Cl)c1. The summed E-state index contributed by atoms with van der Waals surface area (Å²) in [6, 6.07) is 13.7. The van der Waals surface area contributed by atoms with Crippen molar-refractivity contribution in [2.75, 3.05) is 6.54 Å². The van der Waals surface area contributed by atoms with Gasteiger partial charge in [0.25, 0.3) is 0 Å². The molecule has 22 heavy (non-hydrogen) atoms. The van der Waals surface area contributed by atoms with E-state index in [4.69, 9.17) is 11.6 Å². The molecule has 5 heteroatoms. The zero-order chi connectivity index (χ0) is 15.9. The van der Waals surface area contributed by atoms with Gasteiger partial charge in [0.2, 0.25) is 5.91 Å². The minimum atomic E-state index is -0.789. The number of aryl methyl sites for hydroxylation is 1. The third-order valence-corrected chi connectivity index (χ3v) is 3.51. The Balaban J connectivity index is 1.78. The maximum Gasteiger partial charge on any atom is 0.220 e. The molecule has 0 heterocycles. The fraction of sp³-hybridized carbons (Fsp3) is 0.235. The molecule has 0 bridgehead atoms. The fourth-order valence-corrected chi connectivity index (χ4v) is 2.30. The molecule has 0 spiro atoms. The second-order valence-corrected chi connectivity index (χ2v) is 5.48. The quantitative estimate of drug-likeness (QED) is 0.767. The van der Waals surface area contributed by atoms with Gasteiger partial charge in [-0.3, -0.25) is 4.79 Å². The molecule has 0 radical (unpaired) electrons. The maximum atomic E-state index is 11.8. The standard InChI is InChI=1S/C17H18ClNO3/c18-14-5-2-4-13(10-14)16(21)11-19-17(22)8-7-12-3-1-6-15(20)9-12/h1-6,9-10,16,20-21H,7-8,11H2,(H,19,22)/t16-/m0/s1. The summed E-state index contributed by atoms with van der Waals surface area (Å²) >= 11 is 5.86. The predicted molar refractivity (Wildman–Crippen MR) is 85.8 cm³/mol. The molecule has 0 aliphatic heterocycles. The molecule has 4 nitrogen and oxygen atoms in total. The van der Waals surface area contributed by atoms with Crippen molar-refractivity contribution < 1.29 is 15.0 Å². The number of aliphatic hydroxyl groups is 1. The van der Waals surface area contributed by atoms with Crippen LogP contribution in [-0.2, 0) is 11.2 Å². The second-order valence-electron chi connectivity index (χ2n) is 5.04. The van der Waals surface area contributed by atoms with E-state index in [-0.39, 0.29) is 18.2 Å². The predicted octanol–water partition coefficient (Wildman–Crippen LogP) is 2.83. The summed E-state index contributed by atoms with van der Waals surface area (Å²) in [5.41, 5.74) is 1.56. The zero-order valence-corrected chi connectivity index (χ0v) is 12.8. The van der Waals surface area contributed by atoms with Crippen LogP contribution in [0.2, 0.25) is 5.02 Å². The molecular weight excluding hydrogens is 302 g/mol. The van der Waals surface area contributed by atoms with Gasteiger partial charge in [0.1, 0.15) is 5.75 Å². The number of benzene rings is 2. The summed E-state index contributed by atoms with van der Waals surface area (Å²) in [5, 5.41) is 22.6. The highest BCUT2D eigenvalue weighted by Gasteiger charge is 2.10. The minimum Gasteiger partial charge on any atom is -0.508 e. The van der Waals surface area contributed by atoms with Gasteiger partial charge in [-0.25, -0.2) is 0 Å². The Kier molecular flexibility index (Phi) is 5.81. The molecule has 1 atom stereocenters. The van der Waals surface area contributed by atoms with Crippen LogP contribution in [0.5, 0.6) is 5.75 Å². The van der Waals surface area contributed by atoms with E-state index < -0.39 is 6.10 Å². The highest BCUT2D eigenvalue weighted by molar-refractivity contribution is 6.30. The number of phenols is 1. The first kappa shape index (κ1) is 16.3. The summed E-state index contributed by atoms with van der Waals surface area (Å²) in [7, 11) is 0. The molecule has 2 aromatic rings. The summed E-state index contributed by atoms with van der Waals surface area (Å²) in [4.78, 5) is 11.8. The lowest BCUT2D eigenvalue weighted by molar-refractivity contribution is -0.121. The summed E-state index contributed by atoms with van der Waals surface area (Å²) in [6.07, 6.45) is 0.0441. The van der Waals surface area contributed by atoms with Crippen LogP contribution in [0.3, 0.4) is 0 Å². The van der Waals surface area contributed by atoms with E-state index in [0.29, 0.717) is 23.4 Å². The van der Waals surface area contributed by atoms with Gasteiger partial charge in [-0.15, -0.1) is 0 Å². The van der Waals surface area contributed by atoms with Gasteiger partial charge in [-0.1, -0.05) is 35.9 Å². The largest absolute Gasteiger partial charge is 0.508 e. The van der Waals surface area contributed by atoms with Crippen LogP contribution in [0.15, 0.2) is 48.5 Å². The number of amides is 1. The number of hydrogen-bond acceptors (Lipinski definition) is 3. The van der Waals surface area contributed by atoms with Gasteiger partial charge in [0.05, 0.1) is 6.10 Å². The van der Waals surface area contributed by atoms with Gasteiger partial charge < -0.3 is 15.5 Å². The van der Waals surface area contributed by atoms with Crippen LogP contribution >= 0.6 is 11.6 Å². The van der Waals surface area contributed by atoms with Crippen molar-refractivity contribution >= 4 is 17.5 Å². The third kappa shape index (κ3) is 5.06. The summed E-state index contributed by atoms with van der Waals surface area (Å²) < 4.78 is 0. The van der Waals surface area contributed by atoms with Crippen LogP contribution in [0.4, 0.5) is 0 Å². The molecule has 3 N–H and O–H groups in total. The Morgan fingerprint density at radius 3 is 2.68 bits per heavy atom. The number of aliphatic hydroxyl groups excluding tert-OH is 1. The van der Waals surface area contributed by atoms with E-state index in [9.17, 15) is 15.0 Å². The second kappa shape index (κ2) is 7.82. The van der Waals surface area contributed by atoms with Crippen molar-refractivity contribution in [1.82, 2.24) is 5.32 Å². The van der Waals surface area contributed by atoms with Crippen molar-refractivity contribution in [3.63, 3.8) is 0 Å². The van der Waals surface area contributed by atoms with E-state index in [1.54, 1.807) is 42.5 Å². The molecule has 2 aromatic carbocycles. The molecule has 0 aliphatic rings. The average Bonchev–Trinajstić information content (AvgIpc) is 2.50. The number of hydrogen-bond donors (Lipinski definition) is 3. The van der Waals surface area contributed by atoms with Crippen molar-refractivity contribution in [3.8, 4) is 5.75 Å². The highest BCUT2D eigenvalue weighted by atomic mass is 35.5. The first-order chi connectivity index (χ1) is 10.5. The Bertz CT molecular complexity index is 645. The van der Waals surface area contributed by atoms with Crippen molar-refractivity contribution in [2.45, 2.75) is 18.9 Å². The van der Waals surface area contributed by atoms with E-state index in [1.165, 1.54) is 0 Å².